The number of hydrogen-bond donors (Lipinski definition) is 2. The summed E-state index contributed by atoms with van der Waals surface area (Å²) in [4.78, 5) is 1.04. The van der Waals surface area contributed by atoms with E-state index in [0.717, 1.165) is 17.0 Å². The van der Waals surface area contributed by atoms with E-state index in [0.29, 0.717) is 50.5 Å². The molecule has 1 aromatic heterocycles. The van der Waals surface area contributed by atoms with Gasteiger partial charge in [-0.2, -0.15) is 13.2 Å². The minimum absolute atomic E-state index is 0.375. The Morgan fingerprint density at radius 2 is 2.07 bits per heavy atom. The number of methoxy groups -OCH3 is 1. The maximum absolute atomic E-state index is 13.2. The van der Waals surface area contributed by atoms with Crippen molar-refractivity contribution < 1.29 is 27.9 Å². The second-order valence-corrected chi connectivity index (χ2v) is 6.70. The molecule has 0 aliphatic carbocycles. The maximum atomic E-state index is 13.2. The SMILES string of the molecule is COCCn1nnnc1[C@@H](c1cccc(C(F)(F)F)c1)[NH+]1CCC(O)CC1. The van der Waals surface area contributed by atoms with Crippen LogP contribution in [0.1, 0.15) is 35.8 Å². The third kappa shape index (κ3) is 4.63. The molecule has 0 unspecified atom stereocenters. The molecule has 27 heavy (non-hydrogen) atoms. The zero-order valence-corrected chi connectivity index (χ0v) is 15.0. The van der Waals surface area contributed by atoms with Crippen LogP contribution in [-0.2, 0) is 17.5 Å². The monoisotopic (exact) mass is 386 g/mol. The first-order chi connectivity index (χ1) is 12.9. The fourth-order valence-electron chi connectivity index (χ4n) is 3.48. The van der Waals surface area contributed by atoms with Crippen molar-refractivity contribution >= 4 is 0 Å². The minimum Gasteiger partial charge on any atom is -0.393 e. The molecule has 1 aliphatic heterocycles. The number of quaternary nitrogens is 1. The van der Waals surface area contributed by atoms with Gasteiger partial charge in [-0.05, 0) is 22.6 Å². The lowest BCUT2D eigenvalue weighted by molar-refractivity contribution is -0.932. The summed E-state index contributed by atoms with van der Waals surface area (Å²) in [6.07, 6.45) is -3.62. The minimum atomic E-state index is -4.42. The molecule has 148 valence electrons. The zero-order chi connectivity index (χ0) is 19.4. The molecule has 0 spiro atoms. The first kappa shape index (κ1) is 19.7. The molecule has 0 amide bonds. The van der Waals surface area contributed by atoms with Crippen LogP contribution in [0.2, 0.25) is 0 Å². The molecule has 1 saturated heterocycles. The largest absolute Gasteiger partial charge is 0.416 e. The number of hydrogen-bond acceptors (Lipinski definition) is 5. The average molecular weight is 386 g/mol. The van der Waals surface area contributed by atoms with Crippen molar-refractivity contribution in [2.45, 2.75) is 37.7 Å². The van der Waals surface area contributed by atoms with Crippen LogP contribution in [0.3, 0.4) is 0 Å². The fourth-order valence-corrected chi connectivity index (χ4v) is 3.48. The summed E-state index contributed by atoms with van der Waals surface area (Å²) in [5, 5.41) is 21.6. The molecule has 1 fully saturated rings. The fraction of sp³-hybridized carbons (Fsp3) is 0.588. The van der Waals surface area contributed by atoms with Crippen LogP contribution in [0.15, 0.2) is 24.3 Å². The van der Waals surface area contributed by atoms with Crippen LogP contribution in [0.5, 0.6) is 0 Å². The summed E-state index contributed by atoms with van der Waals surface area (Å²) in [5.74, 6) is 0.498. The Balaban J connectivity index is 2.00. The normalized spacial score (nSPS) is 22.0. The molecule has 10 heteroatoms. The van der Waals surface area contributed by atoms with Gasteiger partial charge in [-0.3, -0.25) is 0 Å². The summed E-state index contributed by atoms with van der Waals surface area (Å²) >= 11 is 0. The molecule has 1 atom stereocenters. The van der Waals surface area contributed by atoms with E-state index in [1.165, 1.54) is 6.07 Å². The van der Waals surface area contributed by atoms with Gasteiger partial charge in [0.15, 0.2) is 6.04 Å². The van der Waals surface area contributed by atoms with Gasteiger partial charge in [0.2, 0.25) is 5.82 Å². The van der Waals surface area contributed by atoms with Crippen molar-refractivity contribution in [3.05, 3.63) is 41.2 Å². The number of piperidine rings is 1. The highest BCUT2D eigenvalue weighted by molar-refractivity contribution is 5.29. The van der Waals surface area contributed by atoms with E-state index in [1.807, 2.05) is 0 Å². The molecule has 2 heterocycles. The highest BCUT2D eigenvalue weighted by Crippen LogP contribution is 2.31. The molecule has 1 aromatic carbocycles. The number of aliphatic hydroxyl groups excluding tert-OH is 1. The van der Waals surface area contributed by atoms with E-state index in [1.54, 1.807) is 17.9 Å². The number of benzene rings is 1. The van der Waals surface area contributed by atoms with Crippen LogP contribution in [0, 0.1) is 0 Å². The van der Waals surface area contributed by atoms with Crippen molar-refractivity contribution in [3.8, 4) is 0 Å². The number of nitrogens with zero attached hydrogens (tertiary/aromatic N) is 4. The van der Waals surface area contributed by atoms with Gasteiger partial charge >= 0.3 is 6.18 Å². The van der Waals surface area contributed by atoms with Gasteiger partial charge < -0.3 is 14.7 Å². The Kier molecular flexibility index (Phi) is 6.08. The Bertz CT molecular complexity index is 744. The van der Waals surface area contributed by atoms with Gasteiger partial charge in [0, 0.05) is 25.5 Å². The van der Waals surface area contributed by atoms with Crippen molar-refractivity contribution in [3.63, 3.8) is 0 Å². The Labute approximate surface area is 154 Å². The second-order valence-electron chi connectivity index (χ2n) is 6.70. The van der Waals surface area contributed by atoms with E-state index in [4.69, 9.17) is 4.74 Å². The molecule has 3 rings (SSSR count). The Hall–Kier alpha value is -2.04. The van der Waals surface area contributed by atoms with Gasteiger partial charge in [0.25, 0.3) is 0 Å². The number of rotatable bonds is 6. The first-order valence-electron chi connectivity index (χ1n) is 8.85. The zero-order valence-electron chi connectivity index (χ0n) is 15.0. The van der Waals surface area contributed by atoms with Crippen molar-refractivity contribution in [1.29, 1.82) is 0 Å². The molecule has 2 aromatic rings. The van der Waals surface area contributed by atoms with Crippen LogP contribution in [-0.4, -0.2) is 58.2 Å². The van der Waals surface area contributed by atoms with Crippen molar-refractivity contribution in [1.82, 2.24) is 20.2 Å². The predicted octanol–water partition coefficient (Wildman–Crippen LogP) is 0.467. The lowest BCUT2D eigenvalue weighted by atomic mass is 9.98. The average Bonchev–Trinajstić information content (AvgIpc) is 3.09. The third-order valence-electron chi connectivity index (χ3n) is 4.88. The molecule has 0 bridgehead atoms. The number of aliphatic hydroxyl groups is 1. The number of tetrazole rings is 1. The van der Waals surface area contributed by atoms with E-state index in [-0.39, 0.29) is 6.10 Å². The summed E-state index contributed by atoms with van der Waals surface area (Å²) < 4.78 is 46.3. The Morgan fingerprint density at radius 1 is 1.33 bits per heavy atom. The topological polar surface area (TPSA) is 77.5 Å². The molecule has 0 saturated carbocycles. The van der Waals surface area contributed by atoms with E-state index >= 15 is 0 Å². The van der Waals surface area contributed by atoms with Crippen LogP contribution < -0.4 is 4.90 Å². The van der Waals surface area contributed by atoms with E-state index < -0.39 is 17.8 Å². The van der Waals surface area contributed by atoms with Gasteiger partial charge in [-0.1, -0.05) is 12.1 Å². The number of halogens is 3. The predicted molar refractivity (Wildman–Crippen MR) is 88.9 cm³/mol. The molecular formula is C17H23F3N5O2+. The number of alkyl halides is 3. The molecule has 7 nitrogen and oxygen atoms in total. The molecule has 0 radical (unpaired) electrons. The standard InChI is InChI=1S/C17H22F3N5O2/c1-27-10-9-25-16(21-22-23-25)15(24-7-5-14(26)6-8-24)12-3-2-4-13(11-12)17(18,19)20/h2-4,11,14-15,26H,5-10H2,1H3/p+1/t15-/m1/s1. The van der Waals surface area contributed by atoms with Crippen LogP contribution in [0.25, 0.3) is 0 Å². The maximum Gasteiger partial charge on any atom is 0.416 e. The van der Waals surface area contributed by atoms with Gasteiger partial charge in [0.1, 0.15) is 0 Å². The first-order valence-corrected chi connectivity index (χ1v) is 8.85. The lowest BCUT2D eigenvalue weighted by Crippen LogP contribution is -3.13. The lowest BCUT2D eigenvalue weighted by Gasteiger charge is -2.33. The number of likely N-dealkylation sites (tertiary alicyclic amines) is 1. The molecule has 2 N–H and O–H groups in total. The Morgan fingerprint density at radius 3 is 2.74 bits per heavy atom. The van der Waals surface area contributed by atoms with Gasteiger partial charge in [-0.15, -0.1) is 5.10 Å². The quantitative estimate of drug-likeness (QED) is 0.755. The van der Waals surface area contributed by atoms with Gasteiger partial charge in [0.05, 0.1) is 37.9 Å². The highest BCUT2D eigenvalue weighted by atomic mass is 19.4. The number of nitrogens with one attached hydrogen (secondary N) is 1. The van der Waals surface area contributed by atoms with Crippen molar-refractivity contribution in [2.75, 3.05) is 26.8 Å². The number of ether oxygens (including phenoxy) is 1. The highest BCUT2D eigenvalue weighted by Gasteiger charge is 2.37. The van der Waals surface area contributed by atoms with Crippen LogP contribution >= 0.6 is 0 Å². The summed E-state index contributed by atoms with van der Waals surface area (Å²) in [7, 11) is 1.56. The van der Waals surface area contributed by atoms with Gasteiger partial charge in [-0.25, -0.2) is 4.68 Å². The second kappa shape index (κ2) is 8.32. The molecule has 1 aliphatic rings. The summed E-state index contributed by atoms with van der Waals surface area (Å²) in [5.41, 5.74) is -0.193. The number of aromatic nitrogens is 4. The summed E-state index contributed by atoms with van der Waals surface area (Å²) in [6, 6.07) is 4.86. The molecular weight excluding hydrogens is 363 g/mol. The van der Waals surface area contributed by atoms with E-state index in [9.17, 15) is 18.3 Å². The smallest absolute Gasteiger partial charge is 0.393 e. The summed E-state index contributed by atoms with van der Waals surface area (Å²) in [6.45, 7) is 2.05. The van der Waals surface area contributed by atoms with Crippen molar-refractivity contribution in [2.24, 2.45) is 0 Å². The van der Waals surface area contributed by atoms with Crippen LogP contribution in [0.4, 0.5) is 13.2 Å². The van der Waals surface area contributed by atoms with E-state index in [2.05, 4.69) is 15.5 Å². The third-order valence-corrected chi connectivity index (χ3v) is 4.88.